The Balaban J connectivity index is 2.90. The average Bonchev–Trinajstić information content (AvgIpc) is 2.18. The van der Waals surface area contributed by atoms with Gasteiger partial charge in [0.1, 0.15) is 5.75 Å². The Hall–Kier alpha value is -1.66. The van der Waals surface area contributed by atoms with Crippen LogP contribution in [-0.2, 0) is 0 Å². The van der Waals surface area contributed by atoms with Crippen LogP contribution in [0.25, 0.3) is 0 Å². The number of hydrogen-bond donors (Lipinski definition) is 2. The predicted octanol–water partition coefficient (Wildman–Crippen LogP) is 1.41. The molecule has 0 aliphatic carbocycles. The second kappa shape index (κ2) is 4.54. The highest BCUT2D eigenvalue weighted by atomic mass is 35.5. The molecule has 0 saturated carbocycles. The van der Waals surface area contributed by atoms with E-state index in [1.54, 1.807) is 0 Å². The van der Waals surface area contributed by atoms with E-state index < -0.39 is 5.91 Å². The van der Waals surface area contributed by atoms with Crippen molar-refractivity contribution in [1.29, 1.82) is 0 Å². The van der Waals surface area contributed by atoms with Crippen molar-refractivity contribution >= 4 is 17.5 Å². The van der Waals surface area contributed by atoms with Gasteiger partial charge in [0.2, 0.25) is 0 Å². The monoisotopic (exact) mass is 209 g/mol. The number of halogens is 1. The summed E-state index contributed by atoms with van der Waals surface area (Å²) in [5, 5.41) is 11.9. The standard InChI is InChI=1S/C10H8ClNO2/c1-2-5-12-10(14)8-6-7(13)3-4-9(8)11/h1,3-4,6,13H,5H2,(H,12,14). The van der Waals surface area contributed by atoms with Crippen LogP contribution >= 0.6 is 11.6 Å². The summed E-state index contributed by atoms with van der Waals surface area (Å²) in [4.78, 5) is 11.4. The van der Waals surface area contributed by atoms with Crippen molar-refractivity contribution in [2.75, 3.05) is 6.54 Å². The van der Waals surface area contributed by atoms with Gasteiger partial charge in [-0.1, -0.05) is 17.5 Å². The topological polar surface area (TPSA) is 49.3 Å². The van der Waals surface area contributed by atoms with Crippen LogP contribution < -0.4 is 5.32 Å². The van der Waals surface area contributed by atoms with Gasteiger partial charge in [0.25, 0.3) is 5.91 Å². The molecule has 14 heavy (non-hydrogen) atoms. The number of nitrogens with one attached hydrogen (secondary N) is 1. The highest BCUT2D eigenvalue weighted by Crippen LogP contribution is 2.20. The maximum atomic E-state index is 11.4. The van der Waals surface area contributed by atoms with Crippen molar-refractivity contribution in [3.63, 3.8) is 0 Å². The predicted molar refractivity (Wildman–Crippen MR) is 54.3 cm³/mol. The van der Waals surface area contributed by atoms with Crippen LogP contribution in [0.3, 0.4) is 0 Å². The Labute approximate surface area is 86.7 Å². The lowest BCUT2D eigenvalue weighted by Crippen LogP contribution is -2.23. The molecule has 0 aromatic heterocycles. The van der Waals surface area contributed by atoms with Crippen molar-refractivity contribution < 1.29 is 9.90 Å². The van der Waals surface area contributed by atoms with Gasteiger partial charge in [0.15, 0.2) is 0 Å². The van der Waals surface area contributed by atoms with Crippen molar-refractivity contribution in [3.05, 3.63) is 28.8 Å². The first-order chi connectivity index (χ1) is 6.65. The summed E-state index contributed by atoms with van der Waals surface area (Å²) >= 11 is 5.75. The third-order valence-corrected chi connectivity index (χ3v) is 1.88. The van der Waals surface area contributed by atoms with Crippen LogP contribution in [0, 0.1) is 12.3 Å². The van der Waals surface area contributed by atoms with E-state index in [1.165, 1.54) is 18.2 Å². The zero-order chi connectivity index (χ0) is 10.6. The van der Waals surface area contributed by atoms with Crippen LogP contribution in [0.2, 0.25) is 5.02 Å². The fraction of sp³-hybridized carbons (Fsp3) is 0.100. The minimum Gasteiger partial charge on any atom is -0.508 e. The summed E-state index contributed by atoms with van der Waals surface area (Å²) in [5.41, 5.74) is 0.210. The van der Waals surface area contributed by atoms with Gasteiger partial charge in [-0.15, -0.1) is 6.42 Å². The van der Waals surface area contributed by atoms with Gasteiger partial charge in [-0.2, -0.15) is 0 Å². The lowest BCUT2D eigenvalue weighted by molar-refractivity contribution is 0.0958. The summed E-state index contributed by atoms with van der Waals surface area (Å²) in [5.74, 6) is 1.85. The van der Waals surface area contributed by atoms with Gasteiger partial charge in [0, 0.05) is 0 Å². The fourth-order valence-electron chi connectivity index (χ4n) is 0.914. The maximum absolute atomic E-state index is 11.4. The number of phenols is 1. The van der Waals surface area contributed by atoms with Crippen LogP contribution in [-0.4, -0.2) is 17.6 Å². The summed E-state index contributed by atoms with van der Waals surface area (Å²) in [6.45, 7) is 0.130. The first-order valence-electron chi connectivity index (χ1n) is 3.85. The largest absolute Gasteiger partial charge is 0.508 e. The number of rotatable bonds is 2. The average molecular weight is 210 g/mol. The second-order valence-electron chi connectivity index (χ2n) is 2.55. The number of carbonyl (C=O) groups excluding carboxylic acids is 1. The third kappa shape index (κ3) is 2.41. The molecule has 72 valence electrons. The molecular weight excluding hydrogens is 202 g/mol. The number of aromatic hydroxyl groups is 1. The minimum atomic E-state index is -0.399. The van der Waals surface area contributed by atoms with E-state index in [4.69, 9.17) is 23.1 Å². The molecule has 1 aromatic rings. The van der Waals surface area contributed by atoms with E-state index in [2.05, 4.69) is 11.2 Å². The van der Waals surface area contributed by atoms with Gasteiger partial charge >= 0.3 is 0 Å². The summed E-state index contributed by atoms with van der Waals surface area (Å²) in [6, 6.07) is 4.14. The molecule has 3 nitrogen and oxygen atoms in total. The maximum Gasteiger partial charge on any atom is 0.253 e. The van der Waals surface area contributed by atoms with Gasteiger partial charge < -0.3 is 10.4 Å². The van der Waals surface area contributed by atoms with Gasteiger partial charge in [-0.25, -0.2) is 0 Å². The molecule has 0 saturated heterocycles. The van der Waals surface area contributed by atoms with E-state index in [0.29, 0.717) is 0 Å². The molecule has 0 radical (unpaired) electrons. The number of benzene rings is 1. The molecule has 4 heteroatoms. The zero-order valence-electron chi connectivity index (χ0n) is 7.25. The molecule has 0 heterocycles. The van der Waals surface area contributed by atoms with Crippen LogP contribution in [0.1, 0.15) is 10.4 Å². The van der Waals surface area contributed by atoms with E-state index in [0.717, 1.165) is 0 Å². The molecule has 0 bridgehead atoms. The molecule has 0 aliphatic rings. The summed E-state index contributed by atoms with van der Waals surface area (Å²) < 4.78 is 0. The van der Waals surface area contributed by atoms with Crippen LogP contribution in [0.5, 0.6) is 5.75 Å². The normalized spacial score (nSPS) is 9.14. The fourth-order valence-corrected chi connectivity index (χ4v) is 1.12. The number of terminal acetylenes is 1. The van der Waals surface area contributed by atoms with E-state index in [1.807, 2.05) is 0 Å². The Morgan fingerprint density at radius 2 is 2.36 bits per heavy atom. The summed E-state index contributed by atoms with van der Waals surface area (Å²) in [7, 11) is 0. The number of phenolic OH excluding ortho intramolecular Hbond substituents is 1. The van der Waals surface area contributed by atoms with E-state index in [-0.39, 0.29) is 22.9 Å². The molecule has 0 fully saturated rings. The Morgan fingerprint density at radius 1 is 1.64 bits per heavy atom. The SMILES string of the molecule is C#CCNC(=O)c1cc(O)ccc1Cl. The smallest absolute Gasteiger partial charge is 0.253 e. The van der Waals surface area contributed by atoms with Crippen molar-refractivity contribution in [3.8, 4) is 18.1 Å². The molecule has 1 amide bonds. The molecule has 0 atom stereocenters. The lowest BCUT2D eigenvalue weighted by atomic mass is 10.2. The van der Waals surface area contributed by atoms with Gasteiger partial charge in [-0.05, 0) is 18.2 Å². The molecule has 0 aliphatic heterocycles. The van der Waals surface area contributed by atoms with Gasteiger partial charge in [0.05, 0.1) is 17.1 Å². The zero-order valence-corrected chi connectivity index (χ0v) is 8.01. The Kier molecular flexibility index (Phi) is 3.38. The minimum absolute atomic E-state index is 0.0137. The quantitative estimate of drug-likeness (QED) is 0.724. The number of hydrogen-bond acceptors (Lipinski definition) is 2. The van der Waals surface area contributed by atoms with Crippen LogP contribution in [0.15, 0.2) is 18.2 Å². The number of carbonyl (C=O) groups is 1. The van der Waals surface area contributed by atoms with Crippen molar-refractivity contribution in [1.82, 2.24) is 5.32 Å². The van der Waals surface area contributed by atoms with Gasteiger partial charge in [-0.3, -0.25) is 4.79 Å². The molecule has 0 spiro atoms. The highest BCUT2D eigenvalue weighted by Gasteiger charge is 2.09. The van der Waals surface area contributed by atoms with Crippen molar-refractivity contribution in [2.45, 2.75) is 0 Å². The molecule has 0 unspecified atom stereocenters. The van der Waals surface area contributed by atoms with Crippen molar-refractivity contribution in [2.24, 2.45) is 0 Å². The van der Waals surface area contributed by atoms with E-state index in [9.17, 15) is 4.79 Å². The van der Waals surface area contributed by atoms with Crippen LogP contribution in [0.4, 0.5) is 0 Å². The lowest BCUT2D eigenvalue weighted by Gasteiger charge is -2.04. The molecule has 1 rings (SSSR count). The molecule has 1 aromatic carbocycles. The first kappa shape index (κ1) is 10.4. The second-order valence-corrected chi connectivity index (χ2v) is 2.96. The van der Waals surface area contributed by atoms with E-state index >= 15 is 0 Å². The highest BCUT2D eigenvalue weighted by molar-refractivity contribution is 6.33. The molecular formula is C10H8ClNO2. The Morgan fingerprint density at radius 3 is 3.00 bits per heavy atom. The number of amides is 1. The Bertz CT molecular complexity index is 396. The third-order valence-electron chi connectivity index (χ3n) is 1.55. The molecule has 2 N–H and O–H groups in total. The summed E-state index contributed by atoms with van der Waals surface area (Å²) in [6.07, 6.45) is 4.98. The first-order valence-corrected chi connectivity index (χ1v) is 4.23.